The van der Waals surface area contributed by atoms with E-state index in [1.54, 1.807) is 0 Å². The number of carboxylic acids is 1. The summed E-state index contributed by atoms with van der Waals surface area (Å²) in [6.07, 6.45) is 1.54. The first kappa shape index (κ1) is 13.2. The smallest absolute Gasteiger partial charge is 0.341 e. The highest BCUT2D eigenvalue weighted by Crippen LogP contribution is 2.24. The van der Waals surface area contributed by atoms with Crippen molar-refractivity contribution in [1.82, 2.24) is 10.2 Å². The summed E-state index contributed by atoms with van der Waals surface area (Å²) >= 11 is 0. The second-order valence-electron chi connectivity index (χ2n) is 3.74. The fourth-order valence-corrected chi connectivity index (χ4v) is 1.55. The standard InChI is InChI=1S/C11H8N4O5/c16-5-6-3-7(15(19)20)1-2-9(6)13-10-8(11(17)18)4-12-14-10/h1-5H,(H,17,18)(H2,12,13,14). The van der Waals surface area contributed by atoms with Gasteiger partial charge in [0.2, 0.25) is 0 Å². The molecule has 0 bridgehead atoms. The number of H-pyrrole nitrogens is 1. The number of nitro groups is 1. The van der Waals surface area contributed by atoms with E-state index in [4.69, 9.17) is 5.11 Å². The molecule has 2 rings (SSSR count). The van der Waals surface area contributed by atoms with Crippen molar-refractivity contribution in [2.75, 3.05) is 5.32 Å². The molecule has 0 radical (unpaired) electrons. The van der Waals surface area contributed by atoms with Gasteiger partial charge in [0.15, 0.2) is 6.29 Å². The lowest BCUT2D eigenvalue weighted by Gasteiger charge is -2.07. The van der Waals surface area contributed by atoms with E-state index in [1.165, 1.54) is 12.1 Å². The van der Waals surface area contributed by atoms with Crippen LogP contribution in [0.2, 0.25) is 0 Å². The van der Waals surface area contributed by atoms with Gasteiger partial charge in [0.25, 0.3) is 5.69 Å². The quantitative estimate of drug-likeness (QED) is 0.428. The van der Waals surface area contributed by atoms with Gasteiger partial charge < -0.3 is 10.4 Å². The third-order valence-electron chi connectivity index (χ3n) is 2.50. The molecule has 9 nitrogen and oxygen atoms in total. The minimum atomic E-state index is -1.20. The van der Waals surface area contributed by atoms with Crippen LogP contribution in [-0.4, -0.2) is 32.5 Å². The first-order valence-electron chi connectivity index (χ1n) is 5.30. The summed E-state index contributed by atoms with van der Waals surface area (Å²) in [5.41, 5.74) is -0.0802. The molecule has 0 aliphatic rings. The van der Waals surface area contributed by atoms with Crippen molar-refractivity contribution >= 4 is 29.4 Å². The van der Waals surface area contributed by atoms with Crippen LogP contribution in [0.15, 0.2) is 24.4 Å². The van der Waals surface area contributed by atoms with Crippen molar-refractivity contribution in [2.45, 2.75) is 0 Å². The maximum atomic E-state index is 10.9. The average Bonchev–Trinajstić information content (AvgIpc) is 2.87. The van der Waals surface area contributed by atoms with Crippen molar-refractivity contribution < 1.29 is 19.6 Å². The van der Waals surface area contributed by atoms with Gasteiger partial charge in [-0.1, -0.05) is 0 Å². The number of hydrogen-bond donors (Lipinski definition) is 3. The summed E-state index contributed by atoms with van der Waals surface area (Å²) in [4.78, 5) is 31.8. The number of carbonyl (C=O) groups excluding carboxylic acids is 1. The van der Waals surface area contributed by atoms with E-state index in [-0.39, 0.29) is 28.3 Å². The Morgan fingerprint density at radius 3 is 2.85 bits per heavy atom. The lowest BCUT2D eigenvalue weighted by molar-refractivity contribution is -0.384. The molecule has 2 aromatic rings. The van der Waals surface area contributed by atoms with Gasteiger partial charge in [-0.05, 0) is 6.07 Å². The third kappa shape index (κ3) is 2.46. The van der Waals surface area contributed by atoms with Crippen molar-refractivity contribution in [3.63, 3.8) is 0 Å². The number of carboxylic acid groups (broad SMARTS) is 1. The number of rotatable bonds is 5. The van der Waals surface area contributed by atoms with Crippen molar-refractivity contribution in [3.8, 4) is 0 Å². The average molecular weight is 276 g/mol. The predicted octanol–water partition coefficient (Wildman–Crippen LogP) is 1.57. The maximum absolute atomic E-state index is 10.9. The molecular weight excluding hydrogens is 268 g/mol. The first-order valence-corrected chi connectivity index (χ1v) is 5.30. The largest absolute Gasteiger partial charge is 0.477 e. The molecule has 1 heterocycles. The van der Waals surface area contributed by atoms with Crippen LogP contribution < -0.4 is 5.32 Å². The van der Waals surface area contributed by atoms with Gasteiger partial charge >= 0.3 is 5.97 Å². The lowest BCUT2D eigenvalue weighted by Crippen LogP contribution is -2.03. The molecule has 3 N–H and O–H groups in total. The van der Waals surface area contributed by atoms with Gasteiger partial charge in [0.1, 0.15) is 11.4 Å². The molecule has 0 unspecified atom stereocenters. The number of aromatic nitrogens is 2. The van der Waals surface area contributed by atoms with Crippen LogP contribution in [0.1, 0.15) is 20.7 Å². The van der Waals surface area contributed by atoms with Crippen molar-refractivity contribution in [1.29, 1.82) is 0 Å². The van der Waals surface area contributed by atoms with E-state index in [1.807, 2.05) is 0 Å². The van der Waals surface area contributed by atoms with E-state index in [0.717, 1.165) is 12.3 Å². The Hall–Kier alpha value is -3.23. The molecule has 0 aliphatic carbocycles. The summed E-state index contributed by atoms with van der Waals surface area (Å²) in [5, 5.41) is 28.2. The number of aldehydes is 1. The summed E-state index contributed by atoms with van der Waals surface area (Å²) in [5.74, 6) is -1.12. The minimum Gasteiger partial charge on any atom is -0.477 e. The molecule has 20 heavy (non-hydrogen) atoms. The number of nitrogens with one attached hydrogen (secondary N) is 2. The van der Waals surface area contributed by atoms with Gasteiger partial charge in [0, 0.05) is 17.7 Å². The Labute approximate surface area is 111 Å². The summed E-state index contributed by atoms with van der Waals surface area (Å²) in [7, 11) is 0. The lowest BCUT2D eigenvalue weighted by atomic mass is 10.1. The van der Waals surface area contributed by atoms with Crippen LogP contribution in [0.4, 0.5) is 17.2 Å². The zero-order valence-electron chi connectivity index (χ0n) is 9.86. The first-order chi connectivity index (χ1) is 9.52. The Bertz CT molecular complexity index is 694. The number of nitro benzene ring substituents is 1. The van der Waals surface area contributed by atoms with Gasteiger partial charge in [0.05, 0.1) is 16.8 Å². The number of benzene rings is 1. The monoisotopic (exact) mass is 276 g/mol. The summed E-state index contributed by atoms with van der Waals surface area (Å²) in [6.45, 7) is 0. The molecular formula is C11H8N4O5. The van der Waals surface area contributed by atoms with Gasteiger partial charge in [-0.25, -0.2) is 4.79 Å². The SMILES string of the molecule is O=Cc1cc([N+](=O)[O-])ccc1Nc1[nH]ncc1C(=O)O. The molecule has 9 heteroatoms. The zero-order valence-corrected chi connectivity index (χ0v) is 9.86. The van der Waals surface area contributed by atoms with E-state index >= 15 is 0 Å². The number of anilines is 2. The Balaban J connectivity index is 2.38. The van der Waals surface area contributed by atoms with E-state index in [9.17, 15) is 19.7 Å². The van der Waals surface area contributed by atoms with Crippen LogP contribution >= 0.6 is 0 Å². The van der Waals surface area contributed by atoms with Crippen LogP contribution in [0, 0.1) is 10.1 Å². The minimum absolute atomic E-state index is 0.0325. The van der Waals surface area contributed by atoms with Gasteiger partial charge in [-0.2, -0.15) is 5.10 Å². The number of non-ortho nitro benzene ring substituents is 1. The van der Waals surface area contributed by atoms with Gasteiger partial charge in [-0.3, -0.25) is 20.0 Å². The van der Waals surface area contributed by atoms with Gasteiger partial charge in [-0.15, -0.1) is 0 Å². The normalized spacial score (nSPS) is 10.0. The number of carbonyl (C=O) groups is 2. The molecule has 0 amide bonds. The number of nitrogens with zero attached hydrogens (tertiary/aromatic N) is 2. The summed E-state index contributed by atoms with van der Waals surface area (Å²) < 4.78 is 0. The Morgan fingerprint density at radius 2 is 2.25 bits per heavy atom. The second kappa shape index (κ2) is 5.18. The number of aromatic carboxylic acids is 1. The second-order valence-corrected chi connectivity index (χ2v) is 3.74. The molecule has 1 aromatic carbocycles. The zero-order chi connectivity index (χ0) is 14.7. The maximum Gasteiger partial charge on any atom is 0.341 e. The molecule has 0 saturated heterocycles. The highest BCUT2D eigenvalue weighted by Gasteiger charge is 2.15. The van der Waals surface area contributed by atoms with E-state index < -0.39 is 10.9 Å². The molecule has 0 atom stereocenters. The highest BCUT2D eigenvalue weighted by atomic mass is 16.6. The summed E-state index contributed by atoms with van der Waals surface area (Å²) in [6, 6.07) is 3.60. The molecule has 0 saturated carbocycles. The Morgan fingerprint density at radius 1 is 1.50 bits per heavy atom. The van der Waals surface area contributed by atoms with Crippen LogP contribution in [0.3, 0.4) is 0 Å². The van der Waals surface area contributed by atoms with Crippen LogP contribution in [-0.2, 0) is 0 Å². The number of aromatic amines is 1. The van der Waals surface area contributed by atoms with Crippen LogP contribution in [0.5, 0.6) is 0 Å². The molecule has 0 aliphatic heterocycles. The number of hydrogen-bond acceptors (Lipinski definition) is 6. The van der Waals surface area contributed by atoms with Crippen LogP contribution in [0.25, 0.3) is 0 Å². The van der Waals surface area contributed by atoms with E-state index in [2.05, 4.69) is 15.5 Å². The van der Waals surface area contributed by atoms with Crippen molar-refractivity contribution in [3.05, 3.63) is 45.6 Å². The van der Waals surface area contributed by atoms with Crippen molar-refractivity contribution in [2.24, 2.45) is 0 Å². The highest BCUT2D eigenvalue weighted by molar-refractivity contribution is 5.95. The molecule has 1 aromatic heterocycles. The third-order valence-corrected chi connectivity index (χ3v) is 2.50. The molecule has 102 valence electrons. The van der Waals surface area contributed by atoms with E-state index in [0.29, 0.717) is 6.29 Å². The molecule has 0 fully saturated rings. The topological polar surface area (TPSA) is 138 Å². The molecule has 0 spiro atoms. The fourth-order valence-electron chi connectivity index (χ4n) is 1.55. The fraction of sp³-hybridized carbons (Fsp3) is 0. The predicted molar refractivity (Wildman–Crippen MR) is 67.3 cm³/mol. The Kier molecular flexibility index (Phi) is 3.42.